The largest absolute Gasteiger partial charge is 0.494 e. The molecule has 3 aromatic carbocycles. The zero-order valence-corrected chi connectivity index (χ0v) is 30.2. The molecule has 0 bridgehead atoms. The summed E-state index contributed by atoms with van der Waals surface area (Å²) in [6.07, 6.45) is 6.57. The van der Waals surface area contributed by atoms with E-state index in [9.17, 15) is 4.57 Å². The van der Waals surface area contributed by atoms with Crippen molar-refractivity contribution in [3.8, 4) is 16.9 Å². The summed E-state index contributed by atoms with van der Waals surface area (Å²) in [5.74, 6) is 3.12. The fraction of sp³-hybridized carbons (Fsp3) is 0.405. The smallest absolute Gasteiger partial charge is 0.229 e. The lowest BCUT2D eigenvalue weighted by molar-refractivity contribution is 0.199. The standard InChI is InChI=1S/C37H45BrN5O2P/c1-37(2,3)27-16-18-43(19-17-27)32-22-33(45-4)31(21-28(32)25-12-13-25)41-36-39-23-29(38)35(42-36)40-30-15-14-26(20-34(30)46(5,6)44)24-10-8-7-9-11-24/h7-11,14-15,20-23,25,27H,12-13,16-19H2,1-6H3,(H2,39,40,41,42). The first-order chi connectivity index (χ1) is 21.9. The molecule has 4 aromatic rings. The molecule has 1 aromatic heterocycles. The average Bonchev–Trinajstić information content (AvgIpc) is 3.88. The van der Waals surface area contributed by atoms with Gasteiger partial charge >= 0.3 is 0 Å². The van der Waals surface area contributed by atoms with Gasteiger partial charge in [-0.3, -0.25) is 0 Å². The van der Waals surface area contributed by atoms with Gasteiger partial charge in [0, 0.05) is 36.3 Å². The Bertz CT molecular complexity index is 1760. The molecular weight excluding hydrogens is 657 g/mol. The molecule has 2 heterocycles. The number of halogens is 1. The SMILES string of the molecule is COc1cc(N2CCC(C(C)(C)C)CC2)c(C2CC2)cc1Nc1ncc(Br)c(Nc2ccc(-c3ccccc3)cc2P(C)(C)=O)n1. The van der Waals surface area contributed by atoms with Crippen molar-refractivity contribution in [1.29, 1.82) is 0 Å². The van der Waals surface area contributed by atoms with Crippen LogP contribution in [0.4, 0.5) is 28.8 Å². The van der Waals surface area contributed by atoms with Crippen LogP contribution in [-0.2, 0) is 4.57 Å². The number of aromatic nitrogens is 2. The number of anilines is 5. The van der Waals surface area contributed by atoms with Crippen molar-refractivity contribution in [2.24, 2.45) is 11.3 Å². The number of nitrogens with one attached hydrogen (secondary N) is 2. The van der Waals surface area contributed by atoms with Gasteiger partial charge in [0.2, 0.25) is 5.95 Å². The maximum Gasteiger partial charge on any atom is 0.229 e. The van der Waals surface area contributed by atoms with Gasteiger partial charge in [0.05, 0.1) is 23.0 Å². The quantitative estimate of drug-likeness (QED) is 0.168. The van der Waals surface area contributed by atoms with Crippen LogP contribution in [0.5, 0.6) is 5.75 Å². The molecule has 6 rings (SSSR count). The summed E-state index contributed by atoms with van der Waals surface area (Å²) in [6, 6.07) is 20.6. The van der Waals surface area contributed by atoms with Crippen LogP contribution in [0.2, 0.25) is 0 Å². The molecule has 1 aliphatic carbocycles. The summed E-state index contributed by atoms with van der Waals surface area (Å²) in [5.41, 5.74) is 6.73. The summed E-state index contributed by atoms with van der Waals surface area (Å²) in [5, 5.41) is 7.66. The summed E-state index contributed by atoms with van der Waals surface area (Å²) in [4.78, 5) is 12.0. The van der Waals surface area contributed by atoms with E-state index in [4.69, 9.17) is 9.72 Å². The fourth-order valence-electron chi connectivity index (χ4n) is 6.49. The average molecular weight is 703 g/mol. The first-order valence-electron chi connectivity index (χ1n) is 16.2. The minimum Gasteiger partial charge on any atom is -0.494 e. The number of ether oxygens (including phenoxy) is 1. The van der Waals surface area contributed by atoms with Crippen LogP contribution in [0.15, 0.2) is 71.3 Å². The summed E-state index contributed by atoms with van der Waals surface area (Å²) < 4.78 is 20.1. The molecule has 0 spiro atoms. The molecule has 0 atom stereocenters. The van der Waals surface area contributed by atoms with E-state index in [2.05, 4.69) is 81.5 Å². The van der Waals surface area contributed by atoms with Gasteiger partial charge < -0.3 is 24.8 Å². The molecular formula is C37H45BrN5O2P. The van der Waals surface area contributed by atoms with Crippen LogP contribution < -0.4 is 25.6 Å². The topological polar surface area (TPSA) is 79.4 Å². The highest BCUT2D eigenvalue weighted by Crippen LogP contribution is 2.49. The Morgan fingerprint density at radius 2 is 1.63 bits per heavy atom. The van der Waals surface area contributed by atoms with Gasteiger partial charge in [-0.2, -0.15) is 4.98 Å². The highest BCUT2D eigenvalue weighted by molar-refractivity contribution is 9.10. The molecule has 2 fully saturated rings. The van der Waals surface area contributed by atoms with Gasteiger partial charge in [0.1, 0.15) is 18.7 Å². The summed E-state index contributed by atoms with van der Waals surface area (Å²) in [7, 11) is -0.909. The highest BCUT2D eigenvalue weighted by atomic mass is 79.9. The van der Waals surface area contributed by atoms with Crippen molar-refractivity contribution >= 4 is 57.2 Å². The first-order valence-corrected chi connectivity index (χ1v) is 19.6. The number of methoxy groups -OCH3 is 1. The van der Waals surface area contributed by atoms with Crippen LogP contribution in [0.3, 0.4) is 0 Å². The van der Waals surface area contributed by atoms with Crippen molar-refractivity contribution in [3.05, 3.63) is 76.9 Å². The summed E-state index contributed by atoms with van der Waals surface area (Å²) >= 11 is 3.62. The van der Waals surface area contributed by atoms with E-state index in [1.165, 1.54) is 36.9 Å². The molecule has 7 nitrogen and oxygen atoms in total. The van der Waals surface area contributed by atoms with E-state index in [1.807, 2.05) is 36.4 Å². The van der Waals surface area contributed by atoms with Crippen LogP contribution >= 0.6 is 23.1 Å². The van der Waals surface area contributed by atoms with Crippen LogP contribution in [-0.4, -0.2) is 43.5 Å². The zero-order chi connectivity index (χ0) is 32.6. The second-order valence-corrected chi connectivity index (χ2v) is 18.1. The van der Waals surface area contributed by atoms with E-state index in [0.29, 0.717) is 27.6 Å². The number of hydrogen-bond donors (Lipinski definition) is 2. The van der Waals surface area contributed by atoms with Crippen molar-refractivity contribution in [1.82, 2.24) is 9.97 Å². The van der Waals surface area contributed by atoms with Gasteiger partial charge in [0.15, 0.2) is 0 Å². The van der Waals surface area contributed by atoms with Gasteiger partial charge in [-0.25, -0.2) is 4.98 Å². The van der Waals surface area contributed by atoms with E-state index >= 15 is 0 Å². The molecule has 9 heteroatoms. The van der Waals surface area contributed by atoms with Gasteiger partial charge in [-0.05, 0) is 107 Å². The van der Waals surface area contributed by atoms with Crippen LogP contribution in [0.25, 0.3) is 11.1 Å². The molecule has 0 radical (unpaired) electrons. The number of nitrogens with zero attached hydrogens (tertiary/aromatic N) is 3. The van der Waals surface area contributed by atoms with Crippen molar-refractivity contribution in [3.63, 3.8) is 0 Å². The zero-order valence-electron chi connectivity index (χ0n) is 27.7. The van der Waals surface area contributed by atoms with E-state index in [-0.39, 0.29) is 0 Å². The van der Waals surface area contributed by atoms with Crippen LogP contribution in [0, 0.1) is 11.3 Å². The van der Waals surface area contributed by atoms with E-state index < -0.39 is 7.14 Å². The summed E-state index contributed by atoms with van der Waals surface area (Å²) in [6.45, 7) is 12.8. The Hall–Kier alpha value is -3.35. The van der Waals surface area contributed by atoms with Gasteiger partial charge in [-0.15, -0.1) is 0 Å². The Morgan fingerprint density at radius 3 is 2.26 bits per heavy atom. The Morgan fingerprint density at radius 1 is 0.913 bits per heavy atom. The normalized spacial score (nSPS) is 15.9. The minimum atomic E-state index is -2.63. The lowest BCUT2D eigenvalue weighted by Crippen LogP contribution is -2.38. The van der Waals surface area contributed by atoms with E-state index in [0.717, 1.165) is 52.6 Å². The Kier molecular flexibility index (Phi) is 9.24. The highest BCUT2D eigenvalue weighted by Gasteiger charge is 2.33. The molecule has 0 unspecified atom stereocenters. The molecule has 2 aliphatic rings. The van der Waals surface area contributed by atoms with E-state index in [1.54, 1.807) is 26.6 Å². The molecule has 1 saturated heterocycles. The fourth-order valence-corrected chi connectivity index (χ4v) is 7.94. The van der Waals surface area contributed by atoms with Gasteiger partial charge in [-0.1, -0.05) is 57.2 Å². The maximum absolute atomic E-state index is 13.5. The number of benzene rings is 3. The lowest BCUT2D eigenvalue weighted by atomic mass is 9.75. The first kappa shape index (κ1) is 32.6. The second-order valence-electron chi connectivity index (χ2n) is 14.1. The monoisotopic (exact) mass is 701 g/mol. The van der Waals surface area contributed by atoms with Gasteiger partial charge in [0.25, 0.3) is 0 Å². The van der Waals surface area contributed by atoms with Crippen molar-refractivity contribution in [2.75, 3.05) is 49.1 Å². The maximum atomic E-state index is 13.5. The van der Waals surface area contributed by atoms with Crippen molar-refractivity contribution < 1.29 is 9.30 Å². The minimum absolute atomic E-state index is 0.342. The van der Waals surface area contributed by atoms with Crippen molar-refractivity contribution in [2.45, 2.75) is 52.4 Å². The second kappa shape index (κ2) is 13.0. The third-order valence-corrected chi connectivity index (χ3v) is 11.5. The molecule has 46 heavy (non-hydrogen) atoms. The number of rotatable bonds is 9. The molecule has 0 amide bonds. The Balaban J connectivity index is 1.27. The predicted octanol–water partition coefficient (Wildman–Crippen LogP) is 9.79. The predicted molar refractivity (Wildman–Crippen MR) is 197 cm³/mol. The number of hydrogen-bond acceptors (Lipinski definition) is 7. The molecule has 242 valence electrons. The van der Waals surface area contributed by atoms with Crippen LogP contribution in [0.1, 0.15) is 57.9 Å². The lowest BCUT2D eigenvalue weighted by Gasteiger charge is -2.40. The third kappa shape index (κ3) is 7.29. The molecule has 1 aliphatic heterocycles. The Labute approximate surface area is 282 Å². The molecule has 2 N–H and O–H groups in total. The molecule has 1 saturated carbocycles. The number of piperidine rings is 1. The third-order valence-electron chi connectivity index (χ3n) is 9.36.